The number of nitro groups is 1. The van der Waals surface area contributed by atoms with Gasteiger partial charge < -0.3 is 4.90 Å². The van der Waals surface area contributed by atoms with Crippen LogP contribution in [0.4, 0.5) is 5.69 Å². The van der Waals surface area contributed by atoms with Gasteiger partial charge in [-0.3, -0.25) is 10.1 Å². The zero-order valence-electron chi connectivity index (χ0n) is 12.9. The van der Waals surface area contributed by atoms with E-state index in [4.69, 9.17) is 0 Å². The second kappa shape index (κ2) is 7.69. The Bertz CT molecular complexity index is 675. The van der Waals surface area contributed by atoms with E-state index in [1.54, 1.807) is 6.92 Å². The van der Waals surface area contributed by atoms with E-state index in [1.165, 1.54) is 24.6 Å². The number of benzene rings is 1. The third kappa shape index (κ3) is 4.97. The molecule has 23 heavy (non-hydrogen) atoms. The van der Waals surface area contributed by atoms with E-state index in [0.29, 0.717) is 11.0 Å². The fraction of sp³-hybridized carbons (Fsp3) is 0.571. The van der Waals surface area contributed by atoms with Crippen LogP contribution >= 0.6 is 15.9 Å². The van der Waals surface area contributed by atoms with Crippen molar-refractivity contribution < 1.29 is 13.3 Å². The molecule has 1 aliphatic rings. The maximum Gasteiger partial charge on any atom is 0.289 e. The highest BCUT2D eigenvalue weighted by atomic mass is 79.9. The number of nitrogens with one attached hydrogen (secondary N) is 1. The molecule has 7 nitrogen and oxygen atoms in total. The summed E-state index contributed by atoms with van der Waals surface area (Å²) >= 11 is 3.16. The number of halogens is 1. The first-order chi connectivity index (χ1) is 10.8. The van der Waals surface area contributed by atoms with E-state index in [1.807, 2.05) is 0 Å². The Morgan fingerprint density at radius 3 is 2.61 bits per heavy atom. The normalized spacial score (nSPS) is 17.8. The molecule has 0 radical (unpaired) electrons. The highest BCUT2D eigenvalue weighted by Crippen LogP contribution is 2.27. The average molecular weight is 406 g/mol. The predicted molar refractivity (Wildman–Crippen MR) is 90.9 cm³/mol. The van der Waals surface area contributed by atoms with E-state index >= 15 is 0 Å². The lowest BCUT2D eigenvalue weighted by molar-refractivity contribution is -0.387. The van der Waals surface area contributed by atoms with E-state index in [2.05, 4.69) is 25.6 Å². The summed E-state index contributed by atoms with van der Waals surface area (Å²) in [6.45, 7) is 4.29. The molecule has 0 aromatic heterocycles. The lowest BCUT2D eigenvalue weighted by Gasteiger charge is -2.29. The molecule has 1 saturated heterocycles. The lowest BCUT2D eigenvalue weighted by atomic mass is 10.1. The molecule has 9 heteroatoms. The largest absolute Gasteiger partial charge is 0.302 e. The zero-order chi connectivity index (χ0) is 17.0. The van der Waals surface area contributed by atoms with Crippen LogP contribution in [0, 0.1) is 10.1 Å². The van der Waals surface area contributed by atoms with E-state index in [-0.39, 0.29) is 10.9 Å². The van der Waals surface area contributed by atoms with Crippen LogP contribution in [0.5, 0.6) is 0 Å². The Hall–Kier alpha value is -1.03. The van der Waals surface area contributed by atoms with Crippen LogP contribution in [0.3, 0.4) is 0 Å². The summed E-state index contributed by atoms with van der Waals surface area (Å²) in [5, 5.41) is 11.1. The number of piperidine rings is 1. The van der Waals surface area contributed by atoms with Gasteiger partial charge in [0.1, 0.15) is 0 Å². The van der Waals surface area contributed by atoms with Crippen molar-refractivity contribution in [2.75, 3.05) is 19.6 Å². The second-order valence-electron chi connectivity index (χ2n) is 5.75. The predicted octanol–water partition coefficient (Wildman–Crippen LogP) is 2.51. The first kappa shape index (κ1) is 18.3. The Labute approximate surface area is 144 Å². The molecule has 2 rings (SSSR count). The molecule has 1 aromatic carbocycles. The molecular weight excluding hydrogens is 386 g/mol. The Balaban J connectivity index is 2.14. The average Bonchev–Trinajstić information content (AvgIpc) is 2.47. The Kier molecular flexibility index (Phi) is 6.12. The smallest absolute Gasteiger partial charge is 0.289 e. The summed E-state index contributed by atoms with van der Waals surface area (Å²) in [7, 11) is -3.96. The van der Waals surface area contributed by atoms with Gasteiger partial charge in [0.15, 0.2) is 4.90 Å². The summed E-state index contributed by atoms with van der Waals surface area (Å²) in [5.41, 5.74) is -0.425. The van der Waals surface area contributed by atoms with Gasteiger partial charge in [-0.2, -0.15) is 0 Å². The molecule has 1 atom stereocenters. The van der Waals surface area contributed by atoms with Crippen molar-refractivity contribution in [3.05, 3.63) is 32.8 Å². The number of rotatable bonds is 6. The Morgan fingerprint density at radius 1 is 1.35 bits per heavy atom. The topological polar surface area (TPSA) is 92.6 Å². The monoisotopic (exact) mass is 405 g/mol. The first-order valence-electron chi connectivity index (χ1n) is 7.48. The van der Waals surface area contributed by atoms with Gasteiger partial charge >= 0.3 is 0 Å². The third-order valence-corrected chi connectivity index (χ3v) is 5.86. The molecule has 1 unspecified atom stereocenters. The highest BCUT2D eigenvalue weighted by molar-refractivity contribution is 9.10. The quantitative estimate of drug-likeness (QED) is 0.579. The molecular formula is C14H20BrN3O4S. The minimum Gasteiger partial charge on any atom is -0.302 e. The summed E-state index contributed by atoms with van der Waals surface area (Å²) in [5.74, 6) is 0. The number of hydrogen-bond acceptors (Lipinski definition) is 5. The van der Waals surface area contributed by atoms with Gasteiger partial charge in [-0.25, -0.2) is 13.1 Å². The van der Waals surface area contributed by atoms with Gasteiger partial charge in [-0.15, -0.1) is 0 Å². The first-order valence-corrected chi connectivity index (χ1v) is 9.76. The van der Waals surface area contributed by atoms with Crippen LogP contribution in [-0.2, 0) is 10.0 Å². The van der Waals surface area contributed by atoms with Crippen molar-refractivity contribution in [2.45, 2.75) is 37.1 Å². The lowest BCUT2D eigenvalue weighted by Crippen LogP contribution is -2.43. The van der Waals surface area contributed by atoms with Crippen LogP contribution in [0.1, 0.15) is 26.2 Å². The molecule has 1 heterocycles. The standard InChI is InChI=1S/C14H20BrN3O4S/c1-11(10-17-7-3-2-4-8-17)16-23(21,22)14-9-12(15)5-6-13(14)18(19)20/h5-6,9,11,16H,2-4,7-8,10H2,1H3. The van der Waals surface area contributed by atoms with Crippen molar-refractivity contribution in [3.63, 3.8) is 0 Å². The Morgan fingerprint density at radius 2 is 2.00 bits per heavy atom. The molecule has 1 aliphatic heterocycles. The molecule has 0 spiro atoms. The third-order valence-electron chi connectivity index (χ3n) is 3.75. The number of nitro benzene ring substituents is 1. The van der Waals surface area contributed by atoms with E-state index in [9.17, 15) is 18.5 Å². The maximum absolute atomic E-state index is 12.5. The summed E-state index contributed by atoms with van der Waals surface area (Å²) in [6.07, 6.45) is 3.45. The molecule has 128 valence electrons. The fourth-order valence-corrected chi connectivity index (χ4v) is 4.69. The number of sulfonamides is 1. The van der Waals surface area contributed by atoms with Gasteiger partial charge in [-0.1, -0.05) is 22.4 Å². The second-order valence-corrected chi connectivity index (χ2v) is 8.35. The van der Waals surface area contributed by atoms with Gasteiger partial charge in [0.25, 0.3) is 5.69 Å². The zero-order valence-corrected chi connectivity index (χ0v) is 15.3. The fourth-order valence-electron chi connectivity index (χ4n) is 2.75. The van der Waals surface area contributed by atoms with Crippen molar-refractivity contribution in [1.82, 2.24) is 9.62 Å². The van der Waals surface area contributed by atoms with E-state index < -0.39 is 20.6 Å². The highest BCUT2D eigenvalue weighted by Gasteiger charge is 2.28. The molecule has 0 amide bonds. The van der Waals surface area contributed by atoms with Gasteiger partial charge in [0, 0.05) is 23.1 Å². The SMILES string of the molecule is CC(CN1CCCCC1)NS(=O)(=O)c1cc(Br)ccc1[N+](=O)[O-]. The molecule has 1 aromatic rings. The van der Waals surface area contributed by atoms with Crippen molar-refractivity contribution in [1.29, 1.82) is 0 Å². The van der Waals surface area contributed by atoms with Crippen LogP contribution in [0.15, 0.2) is 27.6 Å². The van der Waals surface area contributed by atoms with Crippen molar-refractivity contribution in [3.8, 4) is 0 Å². The van der Waals surface area contributed by atoms with Crippen LogP contribution in [0.25, 0.3) is 0 Å². The van der Waals surface area contributed by atoms with Gasteiger partial charge in [0.05, 0.1) is 4.92 Å². The van der Waals surface area contributed by atoms with Crippen LogP contribution in [0.2, 0.25) is 0 Å². The van der Waals surface area contributed by atoms with Gasteiger partial charge in [-0.05, 0) is 45.0 Å². The number of likely N-dealkylation sites (tertiary alicyclic amines) is 1. The molecule has 0 bridgehead atoms. The van der Waals surface area contributed by atoms with Gasteiger partial charge in [0.2, 0.25) is 10.0 Å². The molecule has 1 fully saturated rings. The maximum atomic E-state index is 12.5. The summed E-state index contributed by atoms with van der Waals surface area (Å²) in [4.78, 5) is 12.3. The van der Waals surface area contributed by atoms with Crippen molar-refractivity contribution in [2.24, 2.45) is 0 Å². The van der Waals surface area contributed by atoms with E-state index in [0.717, 1.165) is 25.9 Å². The summed E-state index contributed by atoms with van der Waals surface area (Å²) in [6, 6.07) is 3.58. The number of nitrogens with zero attached hydrogens (tertiary/aromatic N) is 2. The minimum atomic E-state index is -3.96. The molecule has 1 N–H and O–H groups in total. The molecule has 0 saturated carbocycles. The van der Waals surface area contributed by atoms with Crippen molar-refractivity contribution >= 4 is 31.6 Å². The summed E-state index contributed by atoms with van der Waals surface area (Å²) < 4.78 is 28.0. The molecule has 0 aliphatic carbocycles. The van der Waals surface area contributed by atoms with Crippen LogP contribution < -0.4 is 4.72 Å². The van der Waals surface area contributed by atoms with Crippen LogP contribution in [-0.4, -0.2) is 43.9 Å². The minimum absolute atomic E-state index is 0.317. The number of hydrogen-bond donors (Lipinski definition) is 1.